The molecule has 2 heterocycles. The van der Waals surface area contributed by atoms with Gasteiger partial charge in [-0.1, -0.05) is 0 Å². The van der Waals surface area contributed by atoms with Crippen LogP contribution in [-0.4, -0.2) is 121 Å². The van der Waals surface area contributed by atoms with Crippen molar-refractivity contribution in [3.8, 4) is 0 Å². The minimum atomic E-state index is -5.05. The molecule has 1 unspecified atom stereocenters. The van der Waals surface area contributed by atoms with Crippen molar-refractivity contribution in [1.82, 2.24) is 0 Å². The van der Waals surface area contributed by atoms with Gasteiger partial charge in [0.05, 0.1) is 24.8 Å². The molecule has 13 atom stereocenters. The highest BCUT2D eigenvalue weighted by atomic mass is 32.3. The Labute approximate surface area is 202 Å². The SMILES string of the molecule is NC[C@@H]1CC[C@@H](N)C(O[C@H]2[C@@H](O)[C@@H](O[C@@H]3O[C@H](CO)[C@@H](O)[C@H](N)[C@H]3OS(=O)(=O)O)[C@H](N)C[C@@H]2N)O1. The molecule has 3 aliphatic rings. The Balaban J connectivity index is 1.78. The fourth-order valence-corrected chi connectivity index (χ4v) is 5.09. The number of nitrogens with two attached hydrogens (primary N) is 5. The van der Waals surface area contributed by atoms with Gasteiger partial charge in [0.2, 0.25) is 0 Å². The highest BCUT2D eigenvalue weighted by Crippen LogP contribution is 2.31. The van der Waals surface area contributed by atoms with E-state index in [1.54, 1.807) is 0 Å². The van der Waals surface area contributed by atoms with E-state index in [4.69, 9.17) is 52.2 Å². The Morgan fingerprint density at radius 1 is 0.857 bits per heavy atom. The monoisotopic (exact) mass is 531 g/mol. The summed E-state index contributed by atoms with van der Waals surface area (Å²) < 4.78 is 59.3. The predicted molar refractivity (Wildman–Crippen MR) is 117 cm³/mol. The van der Waals surface area contributed by atoms with Gasteiger partial charge in [-0.3, -0.25) is 4.55 Å². The maximum Gasteiger partial charge on any atom is 0.397 e. The first-order valence-corrected chi connectivity index (χ1v) is 12.7. The lowest BCUT2D eigenvalue weighted by Gasteiger charge is -2.47. The summed E-state index contributed by atoms with van der Waals surface area (Å²) in [6, 6.07) is -3.56. The van der Waals surface area contributed by atoms with Crippen molar-refractivity contribution >= 4 is 10.4 Å². The van der Waals surface area contributed by atoms with E-state index < -0.39 is 90.4 Å². The minimum Gasteiger partial charge on any atom is -0.394 e. The molecule has 2 saturated heterocycles. The van der Waals surface area contributed by atoms with Crippen LogP contribution in [0, 0.1) is 0 Å². The molecule has 0 aromatic carbocycles. The van der Waals surface area contributed by atoms with Gasteiger partial charge in [0.1, 0.15) is 36.6 Å². The molecule has 0 aromatic heterocycles. The first-order chi connectivity index (χ1) is 16.4. The standard InChI is InChI=1S/C18H37N5O11S/c19-4-6-1-2-7(20)17(30-6)32-14-8(21)3-9(22)15(13(14)26)33-18-16(34-35(27,28)29)11(23)12(25)10(5-24)31-18/h6-18,24-26H,1-5,19-23H2,(H,27,28,29)/t6-,7+,8-,9+,10+,11-,12+,13+,14+,15-,16+,17?,18-/m0/s1. The van der Waals surface area contributed by atoms with Gasteiger partial charge < -0.3 is 62.9 Å². The second-order valence-corrected chi connectivity index (χ2v) is 10.2. The first-order valence-electron chi connectivity index (χ1n) is 11.3. The largest absolute Gasteiger partial charge is 0.397 e. The van der Waals surface area contributed by atoms with Crippen molar-refractivity contribution in [3.63, 3.8) is 0 Å². The van der Waals surface area contributed by atoms with E-state index in [1.165, 1.54) is 0 Å². The van der Waals surface area contributed by atoms with Gasteiger partial charge in [-0.15, -0.1) is 0 Å². The zero-order valence-corrected chi connectivity index (χ0v) is 19.8. The van der Waals surface area contributed by atoms with Crippen LogP contribution in [0.3, 0.4) is 0 Å². The van der Waals surface area contributed by atoms with Crippen molar-refractivity contribution in [2.45, 2.75) is 98.7 Å². The van der Waals surface area contributed by atoms with E-state index in [0.29, 0.717) is 12.8 Å². The molecule has 17 heteroatoms. The van der Waals surface area contributed by atoms with Gasteiger partial charge in [-0.2, -0.15) is 8.42 Å². The summed E-state index contributed by atoms with van der Waals surface area (Å²) in [5.41, 5.74) is 30.0. The molecule has 0 bridgehead atoms. The molecular formula is C18H37N5O11S. The molecule has 3 fully saturated rings. The summed E-state index contributed by atoms with van der Waals surface area (Å²) in [5.74, 6) is 0. The lowest BCUT2D eigenvalue weighted by atomic mass is 9.84. The summed E-state index contributed by atoms with van der Waals surface area (Å²) >= 11 is 0. The van der Waals surface area contributed by atoms with Gasteiger partial charge in [0.15, 0.2) is 12.6 Å². The van der Waals surface area contributed by atoms with Gasteiger partial charge >= 0.3 is 10.4 Å². The number of hydrogen-bond acceptors (Lipinski definition) is 15. The normalized spacial score (nSPS) is 47.5. The van der Waals surface area contributed by atoms with E-state index in [2.05, 4.69) is 4.18 Å². The van der Waals surface area contributed by atoms with Crippen LogP contribution in [0.1, 0.15) is 19.3 Å². The predicted octanol–water partition coefficient (Wildman–Crippen LogP) is -5.44. The molecule has 14 N–H and O–H groups in total. The third kappa shape index (κ3) is 6.83. The highest BCUT2D eigenvalue weighted by Gasteiger charge is 2.51. The summed E-state index contributed by atoms with van der Waals surface area (Å²) in [6.07, 6.45) is -9.82. The Morgan fingerprint density at radius 3 is 2.00 bits per heavy atom. The van der Waals surface area contributed by atoms with Crippen LogP contribution in [-0.2, 0) is 33.5 Å². The summed E-state index contributed by atoms with van der Waals surface area (Å²) in [6.45, 7) is -0.433. The minimum absolute atomic E-state index is 0.114. The molecule has 206 valence electrons. The van der Waals surface area contributed by atoms with Crippen LogP contribution in [0.2, 0.25) is 0 Å². The second kappa shape index (κ2) is 11.8. The molecule has 0 aromatic rings. The Morgan fingerprint density at radius 2 is 1.46 bits per heavy atom. The van der Waals surface area contributed by atoms with Crippen LogP contribution in [0.4, 0.5) is 0 Å². The second-order valence-electron chi connectivity index (χ2n) is 9.14. The lowest BCUT2D eigenvalue weighted by molar-refractivity contribution is -0.309. The average Bonchev–Trinajstić information content (AvgIpc) is 2.78. The van der Waals surface area contributed by atoms with Crippen molar-refractivity contribution in [2.75, 3.05) is 13.2 Å². The van der Waals surface area contributed by atoms with E-state index >= 15 is 0 Å². The quantitative estimate of drug-likeness (QED) is 0.132. The lowest BCUT2D eigenvalue weighted by Crippen LogP contribution is -2.68. The molecule has 0 radical (unpaired) electrons. The fraction of sp³-hybridized carbons (Fsp3) is 1.00. The van der Waals surface area contributed by atoms with Crippen molar-refractivity contribution in [1.29, 1.82) is 0 Å². The van der Waals surface area contributed by atoms with Crippen LogP contribution in [0.5, 0.6) is 0 Å². The number of rotatable bonds is 8. The Bertz CT molecular complexity index is 797. The summed E-state index contributed by atoms with van der Waals surface area (Å²) in [5, 5.41) is 30.8. The molecule has 35 heavy (non-hydrogen) atoms. The van der Waals surface area contributed by atoms with Crippen molar-refractivity contribution < 1.29 is 51.4 Å². The highest BCUT2D eigenvalue weighted by molar-refractivity contribution is 7.80. The Hall–Kier alpha value is -0.610. The maximum absolute atomic E-state index is 11.4. The van der Waals surface area contributed by atoms with Crippen LogP contribution in [0.15, 0.2) is 0 Å². The smallest absolute Gasteiger partial charge is 0.394 e. The van der Waals surface area contributed by atoms with Gasteiger partial charge in [-0.25, -0.2) is 4.18 Å². The number of aliphatic hydroxyl groups is 3. The molecule has 2 aliphatic heterocycles. The van der Waals surface area contributed by atoms with E-state index in [1.807, 2.05) is 0 Å². The van der Waals surface area contributed by atoms with Gasteiger partial charge in [0.25, 0.3) is 0 Å². The summed E-state index contributed by atoms with van der Waals surface area (Å²) in [7, 11) is -5.05. The molecular weight excluding hydrogens is 494 g/mol. The third-order valence-electron chi connectivity index (χ3n) is 6.55. The average molecular weight is 532 g/mol. The molecule has 0 spiro atoms. The van der Waals surface area contributed by atoms with Crippen molar-refractivity contribution in [3.05, 3.63) is 0 Å². The molecule has 0 amide bonds. The van der Waals surface area contributed by atoms with Crippen LogP contribution < -0.4 is 28.7 Å². The zero-order valence-electron chi connectivity index (χ0n) is 19.0. The van der Waals surface area contributed by atoms with Crippen LogP contribution in [0.25, 0.3) is 0 Å². The number of ether oxygens (including phenoxy) is 4. The zero-order chi connectivity index (χ0) is 26.1. The molecule has 1 saturated carbocycles. The maximum atomic E-state index is 11.4. The van der Waals surface area contributed by atoms with Crippen molar-refractivity contribution in [2.24, 2.45) is 28.7 Å². The van der Waals surface area contributed by atoms with E-state index in [-0.39, 0.29) is 19.1 Å². The molecule has 1 aliphatic carbocycles. The number of hydrogen-bond donors (Lipinski definition) is 9. The van der Waals surface area contributed by atoms with Gasteiger partial charge in [-0.05, 0) is 19.3 Å². The van der Waals surface area contributed by atoms with E-state index in [9.17, 15) is 23.7 Å². The molecule has 3 rings (SSSR count). The van der Waals surface area contributed by atoms with Gasteiger partial charge in [0, 0.05) is 18.6 Å². The molecule has 16 nitrogen and oxygen atoms in total. The van der Waals surface area contributed by atoms with Crippen LogP contribution >= 0.6 is 0 Å². The Kier molecular flexibility index (Phi) is 9.80. The third-order valence-corrected chi connectivity index (χ3v) is 7.01. The first kappa shape index (κ1) is 29.0. The fourth-order valence-electron chi connectivity index (χ4n) is 4.59. The number of aliphatic hydroxyl groups excluding tert-OH is 3. The topological polar surface area (TPSA) is 291 Å². The summed E-state index contributed by atoms with van der Waals surface area (Å²) in [4.78, 5) is 0. The van der Waals surface area contributed by atoms with E-state index in [0.717, 1.165) is 0 Å².